The van der Waals surface area contributed by atoms with Crippen molar-refractivity contribution < 1.29 is 28.4 Å². The van der Waals surface area contributed by atoms with Crippen LogP contribution in [0, 0.1) is 0 Å². The highest BCUT2D eigenvalue weighted by atomic mass is 31.2. The normalized spacial score (nSPS) is 14.9. The molecule has 56 heavy (non-hydrogen) atoms. The minimum atomic E-state index is -4.36. The molecule has 0 spiro atoms. The van der Waals surface area contributed by atoms with Crippen LogP contribution in [0.25, 0.3) is 0 Å². The Bertz CT molecular complexity index is 1150. The zero-order chi connectivity index (χ0) is 41.1. The molecule has 0 aromatic carbocycles. The number of carbonyl (C=O) groups is 1. The van der Waals surface area contributed by atoms with E-state index in [1.165, 1.54) is 64.2 Å². The predicted octanol–water partition coefficient (Wildman–Crippen LogP) is 12.6. The SMILES string of the molecule is CC/C=C\C/C=C\C/C=C\C/C=C\C/C=C\CCCCCCCC(=O)NC(COP(=O)(O)OCCN)C(O)/C=C/CC/C=C/CCCCCCCCCCCC. The Morgan fingerprint density at radius 1 is 0.607 bits per heavy atom. The minimum absolute atomic E-state index is 0.0660. The molecule has 8 nitrogen and oxygen atoms in total. The lowest BCUT2D eigenvalue weighted by atomic mass is 10.1. The summed E-state index contributed by atoms with van der Waals surface area (Å²) in [6.07, 6.45) is 56.3. The molecule has 9 heteroatoms. The van der Waals surface area contributed by atoms with Crippen molar-refractivity contribution in [2.75, 3.05) is 19.8 Å². The topological polar surface area (TPSA) is 131 Å². The molecule has 0 bridgehead atoms. The summed E-state index contributed by atoms with van der Waals surface area (Å²) in [7, 11) is -4.36. The van der Waals surface area contributed by atoms with Gasteiger partial charge in [0.25, 0.3) is 0 Å². The van der Waals surface area contributed by atoms with E-state index in [0.29, 0.717) is 6.42 Å². The summed E-state index contributed by atoms with van der Waals surface area (Å²) in [4.78, 5) is 22.7. The molecule has 0 aliphatic heterocycles. The Kier molecular flexibility index (Phi) is 40.5. The third kappa shape index (κ3) is 39.9. The van der Waals surface area contributed by atoms with Crippen molar-refractivity contribution in [1.82, 2.24) is 5.32 Å². The van der Waals surface area contributed by atoms with Gasteiger partial charge in [-0.05, 0) is 77.0 Å². The quantitative estimate of drug-likeness (QED) is 0.0276. The molecule has 0 radical (unpaired) electrons. The van der Waals surface area contributed by atoms with E-state index in [9.17, 15) is 19.4 Å². The average molecular weight is 803 g/mol. The van der Waals surface area contributed by atoms with E-state index in [0.717, 1.165) is 89.9 Å². The average Bonchev–Trinajstić information content (AvgIpc) is 3.19. The van der Waals surface area contributed by atoms with Crippen LogP contribution < -0.4 is 11.1 Å². The van der Waals surface area contributed by atoms with Crippen molar-refractivity contribution in [3.63, 3.8) is 0 Å². The largest absolute Gasteiger partial charge is 0.472 e. The number of phosphoric acid groups is 1. The van der Waals surface area contributed by atoms with E-state index in [4.69, 9.17) is 14.8 Å². The van der Waals surface area contributed by atoms with Crippen LogP contribution in [-0.2, 0) is 18.4 Å². The van der Waals surface area contributed by atoms with Crippen molar-refractivity contribution in [3.05, 3.63) is 85.1 Å². The fourth-order valence-electron chi connectivity index (χ4n) is 5.88. The number of hydrogen-bond acceptors (Lipinski definition) is 6. The summed E-state index contributed by atoms with van der Waals surface area (Å²) in [5, 5.41) is 13.6. The van der Waals surface area contributed by atoms with Gasteiger partial charge < -0.3 is 21.1 Å². The third-order valence-electron chi connectivity index (χ3n) is 9.20. The standard InChI is InChI=1S/C47H83N2O6P/c1-3-5-7-9-11-13-15-17-19-21-22-23-24-25-27-29-31-33-35-37-39-41-47(51)49-45(44-55-56(52,53)54-43-42-48)46(50)40-38-36-34-32-30-28-26-20-18-16-14-12-10-8-6-4-2/h5,7,11,13,17,19,22-23,25,27,30,32,38,40,45-46,50H,3-4,6,8-10,12,14-16,18,20-21,24,26,28-29,31,33-37,39,41-44,48H2,1-2H3,(H,49,51)(H,52,53)/b7-5-,13-11-,19-17-,23-22-,27-25-,32-30+,40-38+. The van der Waals surface area contributed by atoms with E-state index >= 15 is 0 Å². The molecular weight excluding hydrogens is 719 g/mol. The Labute approximate surface area is 343 Å². The second-order valence-electron chi connectivity index (χ2n) is 14.5. The van der Waals surface area contributed by atoms with Crippen LogP contribution in [0.1, 0.15) is 174 Å². The molecule has 0 aliphatic rings. The van der Waals surface area contributed by atoms with Crippen LogP contribution in [0.4, 0.5) is 0 Å². The van der Waals surface area contributed by atoms with E-state index < -0.39 is 20.0 Å². The van der Waals surface area contributed by atoms with Gasteiger partial charge >= 0.3 is 7.82 Å². The highest BCUT2D eigenvalue weighted by Gasteiger charge is 2.26. The number of nitrogens with two attached hydrogens (primary N) is 1. The first-order chi connectivity index (χ1) is 27.4. The molecule has 0 aromatic rings. The van der Waals surface area contributed by atoms with Crippen LogP contribution >= 0.6 is 7.82 Å². The van der Waals surface area contributed by atoms with Crippen LogP contribution in [0.2, 0.25) is 0 Å². The van der Waals surface area contributed by atoms with Gasteiger partial charge in [0, 0.05) is 13.0 Å². The molecule has 3 unspecified atom stereocenters. The Hall–Kier alpha value is -2.32. The van der Waals surface area contributed by atoms with Gasteiger partial charge in [0.05, 0.1) is 25.4 Å². The van der Waals surface area contributed by atoms with Crippen LogP contribution in [0.3, 0.4) is 0 Å². The van der Waals surface area contributed by atoms with Gasteiger partial charge in [0.15, 0.2) is 0 Å². The number of aliphatic hydroxyl groups excluding tert-OH is 1. The van der Waals surface area contributed by atoms with E-state index in [1.807, 2.05) is 6.08 Å². The molecule has 5 N–H and O–H groups in total. The summed E-state index contributed by atoms with van der Waals surface area (Å²) in [5.74, 6) is -0.226. The summed E-state index contributed by atoms with van der Waals surface area (Å²) >= 11 is 0. The number of carbonyl (C=O) groups excluding carboxylic acids is 1. The molecule has 0 rings (SSSR count). The van der Waals surface area contributed by atoms with Gasteiger partial charge in [0.2, 0.25) is 5.91 Å². The summed E-state index contributed by atoms with van der Waals surface area (Å²) < 4.78 is 22.1. The van der Waals surface area contributed by atoms with Gasteiger partial charge in [-0.1, -0.05) is 176 Å². The molecular formula is C47H83N2O6P. The molecule has 322 valence electrons. The predicted molar refractivity (Wildman–Crippen MR) is 239 cm³/mol. The Morgan fingerprint density at radius 2 is 1.05 bits per heavy atom. The fraction of sp³-hybridized carbons (Fsp3) is 0.681. The fourth-order valence-corrected chi connectivity index (χ4v) is 6.64. The molecule has 1 amide bonds. The number of unbranched alkanes of at least 4 members (excludes halogenated alkanes) is 16. The van der Waals surface area contributed by atoms with Gasteiger partial charge in [-0.2, -0.15) is 0 Å². The zero-order valence-electron chi connectivity index (χ0n) is 35.6. The number of allylic oxidation sites excluding steroid dienone is 13. The van der Waals surface area contributed by atoms with Gasteiger partial charge in [0.1, 0.15) is 0 Å². The smallest absolute Gasteiger partial charge is 0.387 e. The maximum atomic E-state index is 12.8. The monoisotopic (exact) mass is 803 g/mol. The highest BCUT2D eigenvalue weighted by Crippen LogP contribution is 2.43. The van der Waals surface area contributed by atoms with Crippen molar-refractivity contribution >= 4 is 13.7 Å². The number of phosphoric ester groups is 1. The first-order valence-corrected chi connectivity index (χ1v) is 23.7. The van der Waals surface area contributed by atoms with Crippen molar-refractivity contribution in [2.45, 2.75) is 187 Å². The first-order valence-electron chi connectivity index (χ1n) is 22.2. The van der Waals surface area contributed by atoms with E-state index in [-0.39, 0.29) is 25.7 Å². The molecule has 0 saturated carbocycles. The first kappa shape index (κ1) is 53.7. The second-order valence-corrected chi connectivity index (χ2v) is 16.0. The van der Waals surface area contributed by atoms with Gasteiger partial charge in [-0.3, -0.25) is 13.8 Å². The number of hydrogen-bond donors (Lipinski definition) is 4. The number of nitrogens with one attached hydrogen (secondary N) is 1. The zero-order valence-corrected chi connectivity index (χ0v) is 36.5. The molecule has 0 aromatic heterocycles. The molecule has 0 fully saturated rings. The van der Waals surface area contributed by atoms with Gasteiger partial charge in [-0.25, -0.2) is 4.57 Å². The summed E-state index contributed by atoms with van der Waals surface area (Å²) in [6, 6.07) is -0.893. The molecule has 3 atom stereocenters. The minimum Gasteiger partial charge on any atom is -0.387 e. The number of rotatable bonds is 40. The lowest BCUT2D eigenvalue weighted by Crippen LogP contribution is -2.45. The second kappa shape index (κ2) is 42.3. The van der Waals surface area contributed by atoms with E-state index in [2.05, 4.69) is 92.1 Å². The number of amides is 1. The van der Waals surface area contributed by atoms with Crippen molar-refractivity contribution in [3.8, 4) is 0 Å². The van der Waals surface area contributed by atoms with Crippen molar-refractivity contribution in [1.29, 1.82) is 0 Å². The highest BCUT2D eigenvalue weighted by molar-refractivity contribution is 7.47. The maximum Gasteiger partial charge on any atom is 0.472 e. The van der Waals surface area contributed by atoms with Crippen LogP contribution in [0.15, 0.2) is 85.1 Å². The lowest BCUT2D eigenvalue weighted by Gasteiger charge is -2.23. The maximum absolute atomic E-state index is 12.8. The third-order valence-corrected chi connectivity index (χ3v) is 10.2. The van der Waals surface area contributed by atoms with Crippen molar-refractivity contribution in [2.24, 2.45) is 5.73 Å². The lowest BCUT2D eigenvalue weighted by molar-refractivity contribution is -0.123. The van der Waals surface area contributed by atoms with Crippen LogP contribution in [-0.4, -0.2) is 47.8 Å². The molecule has 0 heterocycles. The van der Waals surface area contributed by atoms with Gasteiger partial charge in [-0.15, -0.1) is 0 Å². The summed E-state index contributed by atoms with van der Waals surface area (Å²) in [6.45, 7) is 3.97. The molecule has 0 aliphatic carbocycles. The Balaban J connectivity index is 4.31. The number of aliphatic hydroxyl groups is 1. The van der Waals surface area contributed by atoms with Crippen LogP contribution in [0.5, 0.6) is 0 Å². The Morgan fingerprint density at radius 3 is 1.59 bits per heavy atom. The summed E-state index contributed by atoms with van der Waals surface area (Å²) in [5.41, 5.74) is 5.37. The van der Waals surface area contributed by atoms with E-state index in [1.54, 1.807) is 6.08 Å². The molecule has 0 saturated heterocycles.